The molecule has 2 rings (SSSR count). The molecule has 0 bridgehead atoms. The summed E-state index contributed by atoms with van der Waals surface area (Å²) in [6.07, 6.45) is 0. The molecule has 0 radical (unpaired) electrons. The third-order valence-electron chi connectivity index (χ3n) is 3.36. The summed E-state index contributed by atoms with van der Waals surface area (Å²) in [4.78, 5) is 2.21. The summed E-state index contributed by atoms with van der Waals surface area (Å²) < 4.78 is 5.73. The molecule has 1 aliphatic heterocycles. The highest BCUT2D eigenvalue weighted by Gasteiger charge is 2.29. The summed E-state index contributed by atoms with van der Waals surface area (Å²) in [6, 6.07) is 1.19. The lowest BCUT2D eigenvalue weighted by molar-refractivity contribution is 0.421. The van der Waals surface area contributed by atoms with Gasteiger partial charge in [-0.15, -0.1) is 5.10 Å². The summed E-state index contributed by atoms with van der Waals surface area (Å²) in [7, 11) is 1.89. The predicted molar refractivity (Wildman–Crippen MR) is 70.5 cm³/mol. The Kier molecular flexibility index (Phi) is 3.93. The maximum Gasteiger partial charge on any atom is 0.318 e. The van der Waals surface area contributed by atoms with Crippen LogP contribution in [0.4, 0.5) is 6.01 Å². The lowest BCUT2D eigenvalue weighted by atomic mass is 10.2. The van der Waals surface area contributed by atoms with Gasteiger partial charge in [-0.05, 0) is 20.9 Å². The van der Waals surface area contributed by atoms with Crippen molar-refractivity contribution >= 4 is 17.8 Å². The molecule has 0 aliphatic carbocycles. The van der Waals surface area contributed by atoms with Gasteiger partial charge in [0.15, 0.2) is 0 Å². The highest BCUT2D eigenvalue weighted by Crippen LogP contribution is 2.28. The molecule has 5 nitrogen and oxygen atoms in total. The second-order valence-electron chi connectivity index (χ2n) is 4.44. The van der Waals surface area contributed by atoms with Crippen molar-refractivity contribution in [2.24, 2.45) is 0 Å². The maximum absolute atomic E-state index is 5.73. The Morgan fingerprint density at radius 1 is 1.47 bits per heavy atom. The maximum atomic E-state index is 5.73. The van der Waals surface area contributed by atoms with Gasteiger partial charge in [0.2, 0.25) is 5.89 Å². The van der Waals surface area contributed by atoms with E-state index in [0.29, 0.717) is 23.2 Å². The number of hydrogen-bond acceptors (Lipinski definition) is 6. The Hall–Kier alpha value is -0.750. The number of thioether (sulfide) groups is 1. The minimum absolute atomic E-state index is 0.100. The third kappa shape index (κ3) is 2.57. The third-order valence-corrected chi connectivity index (χ3v) is 4.70. The minimum Gasteiger partial charge on any atom is -0.406 e. The van der Waals surface area contributed by atoms with Crippen LogP contribution in [0.3, 0.4) is 0 Å². The highest BCUT2D eigenvalue weighted by molar-refractivity contribution is 8.00. The molecule has 1 saturated heterocycles. The SMILES string of the molecule is CNC(C)c1nnc(N2CCSC(C)C2C)o1. The molecule has 1 fully saturated rings. The van der Waals surface area contributed by atoms with E-state index in [0.717, 1.165) is 12.3 Å². The van der Waals surface area contributed by atoms with Crippen molar-refractivity contribution in [1.82, 2.24) is 15.5 Å². The number of rotatable bonds is 3. The fraction of sp³-hybridized carbons (Fsp3) is 0.818. The second-order valence-corrected chi connectivity index (χ2v) is 5.93. The van der Waals surface area contributed by atoms with E-state index < -0.39 is 0 Å². The molecule has 1 N–H and O–H groups in total. The first-order valence-electron chi connectivity index (χ1n) is 6.02. The van der Waals surface area contributed by atoms with Gasteiger partial charge >= 0.3 is 6.01 Å². The number of hydrogen-bond donors (Lipinski definition) is 1. The van der Waals surface area contributed by atoms with Crippen LogP contribution in [0.25, 0.3) is 0 Å². The van der Waals surface area contributed by atoms with E-state index in [-0.39, 0.29) is 6.04 Å². The number of nitrogens with zero attached hydrogens (tertiary/aromatic N) is 3. The lowest BCUT2D eigenvalue weighted by Crippen LogP contribution is -2.44. The van der Waals surface area contributed by atoms with Crippen LogP contribution in [0.15, 0.2) is 4.42 Å². The van der Waals surface area contributed by atoms with Crippen LogP contribution in [0.1, 0.15) is 32.7 Å². The van der Waals surface area contributed by atoms with Crippen LogP contribution in [0.5, 0.6) is 0 Å². The topological polar surface area (TPSA) is 54.2 Å². The van der Waals surface area contributed by atoms with Crippen molar-refractivity contribution < 1.29 is 4.42 Å². The van der Waals surface area contributed by atoms with Crippen LogP contribution in [-0.2, 0) is 0 Å². The van der Waals surface area contributed by atoms with E-state index in [1.165, 1.54) is 0 Å². The Bertz CT molecular complexity index is 370. The standard InChI is InChI=1S/C11H20N4OS/c1-7(12-4)10-13-14-11(16-10)15-5-6-17-9(3)8(15)2/h7-9,12H,5-6H2,1-4H3. The number of anilines is 1. The molecule has 17 heavy (non-hydrogen) atoms. The van der Waals surface area contributed by atoms with Crippen LogP contribution in [-0.4, -0.2) is 40.8 Å². The summed E-state index contributed by atoms with van der Waals surface area (Å²) in [5.74, 6) is 1.77. The van der Waals surface area contributed by atoms with Crippen molar-refractivity contribution in [3.63, 3.8) is 0 Å². The molecule has 1 aliphatic rings. The quantitative estimate of drug-likeness (QED) is 0.888. The molecular weight excluding hydrogens is 236 g/mol. The van der Waals surface area contributed by atoms with Gasteiger partial charge in [-0.3, -0.25) is 0 Å². The van der Waals surface area contributed by atoms with Crippen LogP contribution >= 0.6 is 11.8 Å². The Balaban J connectivity index is 2.13. The van der Waals surface area contributed by atoms with E-state index in [2.05, 4.69) is 34.3 Å². The summed E-state index contributed by atoms with van der Waals surface area (Å²) in [6.45, 7) is 7.44. The van der Waals surface area contributed by atoms with Crippen molar-refractivity contribution in [3.8, 4) is 0 Å². The van der Waals surface area contributed by atoms with Crippen molar-refractivity contribution in [3.05, 3.63) is 5.89 Å². The fourth-order valence-electron chi connectivity index (χ4n) is 1.84. The van der Waals surface area contributed by atoms with E-state index in [1.807, 2.05) is 25.7 Å². The van der Waals surface area contributed by atoms with Gasteiger partial charge in [0.25, 0.3) is 0 Å². The molecule has 1 aromatic heterocycles. The van der Waals surface area contributed by atoms with Gasteiger partial charge in [0.05, 0.1) is 6.04 Å². The van der Waals surface area contributed by atoms with E-state index >= 15 is 0 Å². The zero-order valence-electron chi connectivity index (χ0n) is 10.8. The molecule has 0 amide bonds. The number of aromatic nitrogens is 2. The summed E-state index contributed by atoms with van der Waals surface area (Å²) in [5.41, 5.74) is 0. The molecule has 96 valence electrons. The number of nitrogens with one attached hydrogen (secondary N) is 1. The van der Waals surface area contributed by atoms with E-state index in [9.17, 15) is 0 Å². The molecule has 3 unspecified atom stereocenters. The molecular formula is C11H20N4OS. The fourth-order valence-corrected chi connectivity index (χ4v) is 2.94. The summed E-state index contributed by atoms with van der Waals surface area (Å²) >= 11 is 2.00. The van der Waals surface area contributed by atoms with E-state index in [4.69, 9.17) is 4.42 Å². The van der Waals surface area contributed by atoms with Gasteiger partial charge in [-0.25, -0.2) is 0 Å². The average Bonchev–Trinajstić information content (AvgIpc) is 2.81. The largest absolute Gasteiger partial charge is 0.406 e. The summed E-state index contributed by atoms with van der Waals surface area (Å²) in [5, 5.41) is 11.9. The van der Waals surface area contributed by atoms with Gasteiger partial charge in [-0.1, -0.05) is 12.0 Å². The molecule has 3 atom stereocenters. The van der Waals surface area contributed by atoms with Crippen LogP contribution < -0.4 is 10.2 Å². The van der Waals surface area contributed by atoms with Gasteiger partial charge < -0.3 is 14.6 Å². The zero-order chi connectivity index (χ0) is 12.4. The molecule has 2 heterocycles. The monoisotopic (exact) mass is 256 g/mol. The Morgan fingerprint density at radius 3 is 2.94 bits per heavy atom. The minimum atomic E-state index is 0.100. The predicted octanol–water partition coefficient (Wildman–Crippen LogP) is 1.68. The first-order valence-corrected chi connectivity index (χ1v) is 7.07. The highest BCUT2D eigenvalue weighted by atomic mass is 32.2. The average molecular weight is 256 g/mol. The lowest BCUT2D eigenvalue weighted by Gasteiger charge is -2.35. The molecule has 6 heteroatoms. The van der Waals surface area contributed by atoms with Gasteiger partial charge in [-0.2, -0.15) is 11.8 Å². The molecule has 0 aromatic carbocycles. The first kappa shape index (κ1) is 12.7. The normalized spacial score (nSPS) is 27.2. The van der Waals surface area contributed by atoms with Crippen molar-refractivity contribution in [1.29, 1.82) is 0 Å². The molecule has 0 spiro atoms. The second kappa shape index (κ2) is 5.27. The smallest absolute Gasteiger partial charge is 0.318 e. The van der Waals surface area contributed by atoms with Crippen molar-refractivity contribution in [2.75, 3.05) is 24.2 Å². The first-order chi connectivity index (χ1) is 8.13. The van der Waals surface area contributed by atoms with Crippen molar-refractivity contribution in [2.45, 2.75) is 38.1 Å². The van der Waals surface area contributed by atoms with E-state index in [1.54, 1.807) is 0 Å². The molecule has 0 saturated carbocycles. The zero-order valence-corrected chi connectivity index (χ0v) is 11.6. The molecule has 1 aromatic rings. The Labute approximate surface area is 106 Å². The van der Waals surface area contributed by atoms with Crippen LogP contribution in [0.2, 0.25) is 0 Å². The van der Waals surface area contributed by atoms with Crippen LogP contribution in [0, 0.1) is 0 Å². The van der Waals surface area contributed by atoms with Gasteiger partial charge in [0, 0.05) is 23.6 Å². The van der Waals surface area contributed by atoms with Gasteiger partial charge in [0.1, 0.15) is 0 Å². The Morgan fingerprint density at radius 2 is 2.24 bits per heavy atom.